The van der Waals surface area contributed by atoms with Crippen molar-refractivity contribution in [1.82, 2.24) is 4.90 Å². The van der Waals surface area contributed by atoms with Gasteiger partial charge < -0.3 is 19.3 Å². The normalized spacial score (nSPS) is 16.3. The van der Waals surface area contributed by atoms with Gasteiger partial charge in [-0.15, -0.1) is 0 Å². The Kier molecular flexibility index (Phi) is 7.66. The minimum atomic E-state index is -3.20. The van der Waals surface area contributed by atoms with Gasteiger partial charge in [-0.25, -0.2) is 13.2 Å². The van der Waals surface area contributed by atoms with Crippen LogP contribution in [-0.2, 0) is 21.1 Å². The molecule has 32 heavy (non-hydrogen) atoms. The van der Waals surface area contributed by atoms with E-state index in [0.29, 0.717) is 18.0 Å². The van der Waals surface area contributed by atoms with Gasteiger partial charge in [0.15, 0.2) is 9.84 Å². The van der Waals surface area contributed by atoms with Crippen LogP contribution in [0.4, 0.5) is 10.5 Å². The number of carbonyl (C=O) groups excluding carboxylic acids is 1. The molecule has 174 valence electrons. The molecule has 2 aromatic rings. The zero-order valence-electron chi connectivity index (χ0n) is 19.2. The standard InChI is InChI=1S/C24H32N2O5S/c1-5-25(24(27)30-18(2)3)16-19-7-6-8-21(15-19)31-22-13-14-26(17-22)20-9-11-23(12-10-20)32(4,28)29/h6-12,15,18,22H,5,13-14,16-17H2,1-4H3/t22-/m0/s1. The second-order valence-corrected chi connectivity index (χ2v) is 10.4. The molecule has 0 unspecified atom stereocenters. The van der Waals surface area contributed by atoms with E-state index >= 15 is 0 Å². The van der Waals surface area contributed by atoms with Crippen LogP contribution in [-0.4, -0.2) is 57.5 Å². The molecule has 0 saturated carbocycles. The molecule has 1 aliphatic rings. The van der Waals surface area contributed by atoms with Crippen molar-refractivity contribution in [1.29, 1.82) is 0 Å². The molecule has 1 atom stereocenters. The van der Waals surface area contributed by atoms with Gasteiger partial charge in [-0.3, -0.25) is 0 Å². The van der Waals surface area contributed by atoms with Crippen molar-refractivity contribution >= 4 is 21.6 Å². The summed E-state index contributed by atoms with van der Waals surface area (Å²) in [4.78, 5) is 16.4. The van der Waals surface area contributed by atoms with Crippen LogP contribution in [0.5, 0.6) is 5.75 Å². The van der Waals surface area contributed by atoms with E-state index < -0.39 is 9.84 Å². The summed E-state index contributed by atoms with van der Waals surface area (Å²) in [6, 6.07) is 14.8. The molecule has 1 amide bonds. The van der Waals surface area contributed by atoms with Gasteiger partial charge in [0.05, 0.1) is 17.5 Å². The molecule has 0 bridgehead atoms. The van der Waals surface area contributed by atoms with Crippen LogP contribution in [0.3, 0.4) is 0 Å². The first-order valence-corrected chi connectivity index (χ1v) is 12.8. The molecule has 8 heteroatoms. The number of carbonyl (C=O) groups is 1. The molecule has 7 nitrogen and oxygen atoms in total. The van der Waals surface area contributed by atoms with Crippen LogP contribution in [0.25, 0.3) is 0 Å². The molecule has 1 fully saturated rings. The lowest BCUT2D eigenvalue weighted by Crippen LogP contribution is -2.32. The Morgan fingerprint density at radius 3 is 2.53 bits per heavy atom. The number of anilines is 1. The van der Waals surface area contributed by atoms with Crippen LogP contribution >= 0.6 is 0 Å². The number of amides is 1. The number of benzene rings is 2. The molecule has 0 N–H and O–H groups in total. The summed E-state index contributed by atoms with van der Waals surface area (Å²) in [5.41, 5.74) is 1.97. The average molecular weight is 461 g/mol. The molecular formula is C24H32N2O5S. The van der Waals surface area contributed by atoms with Gasteiger partial charge >= 0.3 is 6.09 Å². The van der Waals surface area contributed by atoms with Crippen LogP contribution < -0.4 is 9.64 Å². The summed E-state index contributed by atoms with van der Waals surface area (Å²) in [5.74, 6) is 0.773. The van der Waals surface area contributed by atoms with E-state index in [1.54, 1.807) is 17.0 Å². The van der Waals surface area contributed by atoms with Crippen molar-refractivity contribution in [3.05, 3.63) is 54.1 Å². The summed E-state index contributed by atoms with van der Waals surface area (Å²) in [7, 11) is -3.20. The number of sulfone groups is 1. The SMILES string of the molecule is CCN(Cc1cccc(O[C@H]2CCN(c3ccc(S(C)(=O)=O)cc3)C2)c1)C(=O)OC(C)C. The minimum Gasteiger partial charge on any atom is -0.489 e. The largest absolute Gasteiger partial charge is 0.489 e. The van der Waals surface area contributed by atoms with Gasteiger partial charge in [-0.2, -0.15) is 0 Å². The van der Waals surface area contributed by atoms with E-state index in [9.17, 15) is 13.2 Å². The predicted octanol–water partition coefficient (Wildman–Crippen LogP) is 4.11. The molecule has 2 aromatic carbocycles. The highest BCUT2D eigenvalue weighted by Crippen LogP contribution is 2.25. The van der Waals surface area contributed by atoms with Crippen molar-refractivity contribution in [3.8, 4) is 5.75 Å². The fraction of sp³-hybridized carbons (Fsp3) is 0.458. The fourth-order valence-corrected chi connectivity index (χ4v) is 4.31. The Morgan fingerprint density at radius 1 is 1.19 bits per heavy atom. The molecule has 0 radical (unpaired) electrons. The highest BCUT2D eigenvalue weighted by atomic mass is 32.2. The highest BCUT2D eigenvalue weighted by molar-refractivity contribution is 7.90. The average Bonchev–Trinajstić information content (AvgIpc) is 3.19. The molecule has 1 saturated heterocycles. The van der Waals surface area contributed by atoms with Crippen molar-refractivity contribution in [2.75, 3.05) is 30.8 Å². The van der Waals surface area contributed by atoms with Gasteiger partial charge in [0.2, 0.25) is 0 Å². The van der Waals surface area contributed by atoms with E-state index in [1.165, 1.54) is 6.26 Å². The minimum absolute atomic E-state index is 0.0352. The zero-order valence-corrected chi connectivity index (χ0v) is 20.0. The van der Waals surface area contributed by atoms with Gasteiger partial charge in [0.25, 0.3) is 0 Å². The number of ether oxygens (including phenoxy) is 2. The summed E-state index contributed by atoms with van der Waals surface area (Å²) in [5, 5.41) is 0. The van der Waals surface area contributed by atoms with Crippen LogP contribution in [0.15, 0.2) is 53.4 Å². The maximum absolute atomic E-state index is 12.2. The third-order valence-corrected chi connectivity index (χ3v) is 6.45. The topological polar surface area (TPSA) is 76.2 Å². The first-order chi connectivity index (χ1) is 15.2. The second kappa shape index (κ2) is 10.3. The van der Waals surface area contributed by atoms with Crippen molar-refractivity contribution < 1.29 is 22.7 Å². The molecule has 1 heterocycles. The Morgan fingerprint density at radius 2 is 1.91 bits per heavy atom. The summed E-state index contributed by atoms with van der Waals surface area (Å²) < 4.78 is 34.8. The maximum Gasteiger partial charge on any atom is 0.410 e. The summed E-state index contributed by atoms with van der Waals surface area (Å²) in [6.07, 6.45) is 1.65. The number of nitrogens with zero attached hydrogens (tertiary/aromatic N) is 2. The predicted molar refractivity (Wildman–Crippen MR) is 125 cm³/mol. The fourth-order valence-electron chi connectivity index (χ4n) is 3.67. The monoisotopic (exact) mass is 460 g/mol. The lowest BCUT2D eigenvalue weighted by atomic mass is 10.2. The number of hydrogen-bond donors (Lipinski definition) is 0. The van der Waals surface area contributed by atoms with E-state index in [-0.39, 0.29) is 18.3 Å². The van der Waals surface area contributed by atoms with Crippen LogP contribution in [0.2, 0.25) is 0 Å². The summed E-state index contributed by atoms with van der Waals surface area (Å²) in [6.45, 7) is 8.19. The smallest absolute Gasteiger partial charge is 0.410 e. The molecule has 0 aromatic heterocycles. The van der Waals surface area contributed by atoms with E-state index in [1.807, 2.05) is 57.2 Å². The van der Waals surface area contributed by atoms with Crippen LogP contribution in [0.1, 0.15) is 32.8 Å². The van der Waals surface area contributed by atoms with E-state index in [4.69, 9.17) is 9.47 Å². The number of hydrogen-bond acceptors (Lipinski definition) is 6. The van der Waals surface area contributed by atoms with Gasteiger partial charge in [0, 0.05) is 38.0 Å². The Hall–Kier alpha value is -2.74. The number of rotatable bonds is 8. The first kappa shape index (κ1) is 23.9. The van der Waals surface area contributed by atoms with E-state index in [0.717, 1.165) is 36.5 Å². The van der Waals surface area contributed by atoms with Gasteiger partial charge in [-0.1, -0.05) is 12.1 Å². The Balaban J connectivity index is 1.59. The zero-order chi connectivity index (χ0) is 23.3. The van der Waals surface area contributed by atoms with E-state index in [2.05, 4.69) is 4.90 Å². The molecule has 0 aliphatic carbocycles. The Labute approximate surface area is 190 Å². The van der Waals surface area contributed by atoms with Crippen molar-refractivity contribution in [2.45, 2.75) is 50.8 Å². The maximum atomic E-state index is 12.2. The third kappa shape index (κ3) is 6.38. The molecular weight excluding hydrogens is 428 g/mol. The van der Waals surface area contributed by atoms with Gasteiger partial charge in [-0.05, 0) is 62.7 Å². The highest BCUT2D eigenvalue weighted by Gasteiger charge is 2.25. The summed E-state index contributed by atoms with van der Waals surface area (Å²) >= 11 is 0. The van der Waals surface area contributed by atoms with Crippen LogP contribution in [0, 0.1) is 0 Å². The Bertz CT molecular complexity index is 1020. The lowest BCUT2D eigenvalue weighted by molar-refractivity contribution is 0.0761. The van der Waals surface area contributed by atoms with Gasteiger partial charge in [0.1, 0.15) is 11.9 Å². The lowest BCUT2D eigenvalue weighted by Gasteiger charge is -2.22. The molecule has 0 spiro atoms. The molecule has 1 aliphatic heterocycles. The van der Waals surface area contributed by atoms with Crippen molar-refractivity contribution in [3.63, 3.8) is 0 Å². The second-order valence-electron chi connectivity index (χ2n) is 8.33. The first-order valence-electron chi connectivity index (χ1n) is 10.9. The molecule has 3 rings (SSSR count). The quantitative estimate of drug-likeness (QED) is 0.590. The third-order valence-electron chi connectivity index (χ3n) is 5.33. The van der Waals surface area contributed by atoms with Crippen molar-refractivity contribution in [2.24, 2.45) is 0 Å².